The molecule has 1 amide bonds. The third kappa shape index (κ3) is 4.23. The molecule has 7 heteroatoms. The molecule has 3 heterocycles. The Labute approximate surface area is 181 Å². The maximum absolute atomic E-state index is 13.0. The van der Waals surface area contributed by atoms with E-state index in [1.54, 1.807) is 24.5 Å². The van der Waals surface area contributed by atoms with Crippen molar-refractivity contribution in [2.24, 2.45) is 5.92 Å². The minimum atomic E-state index is -0.0786. The number of hydrogen-bond acceptors (Lipinski definition) is 5. The van der Waals surface area contributed by atoms with Crippen LogP contribution >= 0.6 is 11.3 Å². The third-order valence-electron chi connectivity index (χ3n) is 5.94. The summed E-state index contributed by atoms with van der Waals surface area (Å²) < 4.78 is 5.48. The van der Waals surface area contributed by atoms with Crippen LogP contribution in [-0.4, -0.2) is 53.1 Å². The molecule has 0 aliphatic carbocycles. The number of methoxy groups -OCH3 is 1. The van der Waals surface area contributed by atoms with Crippen LogP contribution < -0.4 is 10.1 Å². The van der Waals surface area contributed by atoms with E-state index in [4.69, 9.17) is 9.72 Å². The summed E-state index contributed by atoms with van der Waals surface area (Å²) in [7, 11) is 1.63. The van der Waals surface area contributed by atoms with Crippen LogP contribution in [0.25, 0.3) is 21.7 Å². The summed E-state index contributed by atoms with van der Waals surface area (Å²) >= 11 is 1.61. The van der Waals surface area contributed by atoms with Gasteiger partial charge in [-0.2, -0.15) is 0 Å². The van der Waals surface area contributed by atoms with E-state index >= 15 is 0 Å². The van der Waals surface area contributed by atoms with E-state index in [0.29, 0.717) is 29.3 Å². The van der Waals surface area contributed by atoms with Gasteiger partial charge in [0.25, 0.3) is 5.91 Å². The predicted molar refractivity (Wildman–Crippen MR) is 122 cm³/mol. The Morgan fingerprint density at radius 2 is 2.07 bits per heavy atom. The van der Waals surface area contributed by atoms with Crippen molar-refractivity contribution in [1.82, 2.24) is 20.2 Å². The lowest BCUT2D eigenvalue weighted by Crippen LogP contribution is -2.47. The Morgan fingerprint density at radius 3 is 2.70 bits per heavy atom. The number of thiophene rings is 1. The van der Waals surface area contributed by atoms with Crippen LogP contribution in [-0.2, 0) is 0 Å². The fourth-order valence-corrected chi connectivity index (χ4v) is 4.76. The fourth-order valence-electron chi connectivity index (χ4n) is 4.09. The molecule has 2 aromatic heterocycles. The monoisotopic (exact) mass is 426 g/mol. The summed E-state index contributed by atoms with van der Waals surface area (Å²) in [6, 6.07) is 7.63. The Bertz CT molecular complexity index is 1010. The van der Waals surface area contributed by atoms with Crippen LogP contribution in [0.5, 0.6) is 5.75 Å². The first-order valence-electron chi connectivity index (χ1n) is 10.5. The maximum Gasteiger partial charge on any atom is 0.253 e. The molecule has 4 rings (SSSR count). The van der Waals surface area contributed by atoms with Gasteiger partial charge < -0.3 is 15.0 Å². The van der Waals surface area contributed by atoms with Gasteiger partial charge in [-0.1, -0.05) is 6.07 Å². The number of piperidine rings is 1. The molecule has 6 nitrogen and oxygen atoms in total. The van der Waals surface area contributed by atoms with Crippen molar-refractivity contribution >= 4 is 28.3 Å². The number of H-pyrrole nitrogens is 1. The number of aromatic nitrogens is 2. The number of ether oxygens (including phenoxy) is 1. The van der Waals surface area contributed by atoms with Crippen LogP contribution in [0.4, 0.5) is 0 Å². The van der Waals surface area contributed by atoms with E-state index in [1.165, 1.54) is 0 Å². The molecule has 1 aliphatic heterocycles. The van der Waals surface area contributed by atoms with Crippen molar-refractivity contribution in [3.05, 3.63) is 35.2 Å². The van der Waals surface area contributed by atoms with E-state index < -0.39 is 0 Å². The Morgan fingerprint density at radius 1 is 1.30 bits per heavy atom. The minimum Gasteiger partial charge on any atom is -0.494 e. The van der Waals surface area contributed by atoms with Gasteiger partial charge in [0, 0.05) is 12.1 Å². The molecular formula is C23H30N4O2S. The van der Waals surface area contributed by atoms with Gasteiger partial charge in [-0.3, -0.25) is 9.69 Å². The fraction of sp³-hybridized carbons (Fsp3) is 0.478. The Hall–Kier alpha value is -2.38. The predicted octanol–water partition coefficient (Wildman–Crippen LogP) is 4.54. The summed E-state index contributed by atoms with van der Waals surface area (Å²) in [6.07, 6.45) is 2.22. The van der Waals surface area contributed by atoms with Crippen LogP contribution in [0.3, 0.4) is 0 Å². The van der Waals surface area contributed by atoms with E-state index in [9.17, 15) is 4.79 Å². The molecule has 1 saturated heterocycles. The molecule has 0 unspecified atom stereocenters. The van der Waals surface area contributed by atoms with E-state index in [-0.39, 0.29) is 11.4 Å². The number of aromatic amines is 1. The second-order valence-electron chi connectivity index (χ2n) is 8.91. The largest absolute Gasteiger partial charge is 0.494 e. The SMILES string of the molecule is COc1ccc(C(=O)NCC2CCN(C(C)(C)C)CC2)c2nc(-c3cccs3)[nH]c12. The molecule has 0 spiro atoms. The maximum atomic E-state index is 13.0. The summed E-state index contributed by atoms with van der Waals surface area (Å²) in [5, 5.41) is 5.16. The number of rotatable bonds is 5. The van der Waals surface area contributed by atoms with Crippen LogP contribution in [0.2, 0.25) is 0 Å². The number of hydrogen-bond donors (Lipinski definition) is 2. The summed E-state index contributed by atoms with van der Waals surface area (Å²) in [5.74, 6) is 1.88. The standard InChI is InChI=1S/C23H30N4O2S/c1-23(2,3)27-11-9-15(10-12-27)14-24-22(28)16-7-8-17(29-4)20-19(16)25-21(26-20)18-6-5-13-30-18/h5-8,13,15H,9-12,14H2,1-4H3,(H,24,28)(H,25,26). The van der Waals surface area contributed by atoms with Crippen molar-refractivity contribution in [2.45, 2.75) is 39.2 Å². The van der Waals surface area contributed by atoms with E-state index in [2.05, 4.69) is 36.0 Å². The third-order valence-corrected chi connectivity index (χ3v) is 6.82. The van der Waals surface area contributed by atoms with Crippen LogP contribution in [0.1, 0.15) is 44.0 Å². The van der Waals surface area contributed by atoms with Gasteiger partial charge in [0.2, 0.25) is 0 Å². The minimum absolute atomic E-state index is 0.0786. The average Bonchev–Trinajstić information content (AvgIpc) is 3.40. The zero-order valence-corrected chi connectivity index (χ0v) is 18.9. The summed E-state index contributed by atoms with van der Waals surface area (Å²) in [4.78, 5) is 24.6. The highest BCUT2D eigenvalue weighted by Crippen LogP contribution is 2.31. The Balaban J connectivity index is 1.48. The second kappa shape index (κ2) is 8.40. The summed E-state index contributed by atoms with van der Waals surface area (Å²) in [6.45, 7) is 9.66. The number of likely N-dealkylation sites (tertiary alicyclic amines) is 1. The van der Waals surface area contributed by atoms with Crippen molar-refractivity contribution in [3.8, 4) is 16.5 Å². The van der Waals surface area contributed by atoms with E-state index in [1.807, 2.05) is 23.6 Å². The number of nitrogens with one attached hydrogen (secondary N) is 2. The highest BCUT2D eigenvalue weighted by Gasteiger charge is 2.27. The number of imidazole rings is 1. The first-order valence-corrected chi connectivity index (χ1v) is 11.4. The number of amides is 1. The van der Waals surface area contributed by atoms with Crippen LogP contribution in [0.15, 0.2) is 29.6 Å². The van der Waals surface area contributed by atoms with E-state index in [0.717, 1.165) is 42.1 Å². The molecule has 1 fully saturated rings. The zero-order valence-electron chi connectivity index (χ0n) is 18.1. The van der Waals surface area contributed by atoms with Gasteiger partial charge >= 0.3 is 0 Å². The molecule has 3 aromatic rings. The van der Waals surface area contributed by atoms with Crippen molar-refractivity contribution < 1.29 is 9.53 Å². The molecule has 0 saturated carbocycles. The average molecular weight is 427 g/mol. The lowest BCUT2D eigenvalue weighted by Gasteiger charge is -2.40. The van der Waals surface area contributed by atoms with Crippen molar-refractivity contribution in [2.75, 3.05) is 26.7 Å². The molecule has 1 aliphatic rings. The molecule has 0 radical (unpaired) electrons. The van der Waals surface area contributed by atoms with Crippen molar-refractivity contribution in [1.29, 1.82) is 0 Å². The summed E-state index contributed by atoms with van der Waals surface area (Å²) in [5.41, 5.74) is 2.20. The van der Waals surface area contributed by atoms with Crippen LogP contribution in [0, 0.1) is 5.92 Å². The van der Waals surface area contributed by atoms with Gasteiger partial charge in [0.15, 0.2) is 0 Å². The quantitative estimate of drug-likeness (QED) is 0.628. The molecule has 1 aromatic carbocycles. The first kappa shape index (κ1) is 20.9. The highest BCUT2D eigenvalue weighted by molar-refractivity contribution is 7.13. The number of carbonyl (C=O) groups is 1. The number of fused-ring (bicyclic) bond motifs is 1. The van der Waals surface area contributed by atoms with Crippen molar-refractivity contribution in [3.63, 3.8) is 0 Å². The lowest BCUT2D eigenvalue weighted by atomic mass is 9.93. The molecule has 0 atom stereocenters. The first-order chi connectivity index (χ1) is 14.4. The lowest BCUT2D eigenvalue weighted by molar-refractivity contribution is 0.0818. The second-order valence-corrected chi connectivity index (χ2v) is 9.86. The normalized spacial score (nSPS) is 16.1. The van der Waals surface area contributed by atoms with Gasteiger partial charge in [0.05, 0.1) is 17.6 Å². The molecule has 30 heavy (non-hydrogen) atoms. The molecule has 0 bridgehead atoms. The molecule has 160 valence electrons. The number of nitrogens with zero attached hydrogens (tertiary/aromatic N) is 2. The number of carbonyl (C=O) groups excluding carboxylic acids is 1. The highest BCUT2D eigenvalue weighted by atomic mass is 32.1. The van der Waals surface area contributed by atoms with Gasteiger partial charge in [0.1, 0.15) is 22.6 Å². The molecular weight excluding hydrogens is 396 g/mol. The van der Waals surface area contributed by atoms with Gasteiger partial charge in [-0.25, -0.2) is 4.98 Å². The molecule has 2 N–H and O–H groups in total. The zero-order chi connectivity index (χ0) is 21.3. The van der Waals surface area contributed by atoms with Gasteiger partial charge in [-0.15, -0.1) is 11.3 Å². The number of benzene rings is 1. The van der Waals surface area contributed by atoms with Gasteiger partial charge in [-0.05, 0) is 76.2 Å². The topological polar surface area (TPSA) is 70.2 Å². The Kier molecular flexibility index (Phi) is 5.84. The smallest absolute Gasteiger partial charge is 0.253 e.